The molecule has 1 aromatic rings. The van der Waals surface area contributed by atoms with E-state index in [1.165, 1.54) is 49.9 Å². The summed E-state index contributed by atoms with van der Waals surface area (Å²) in [6.45, 7) is 3.86. The molecule has 2 N–H and O–H groups in total. The number of nitrogens with two attached hydrogens (primary N) is 1. The SMILES string of the molecule is COCc1ccc(C(CN)N(CC2CC2)CC2CC2)cc1. The second kappa shape index (κ2) is 6.91. The standard InChI is InChI=1S/C18H28N2O/c1-21-13-16-6-8-17(9-7-16)18(10-19)20(11-14-2-3-14)12-15-4-5-15/h6-9,14-15,18H,2-5,10-13,19H2,1H3. The van der Waals surface area contributed by atoms with Crippen molar-refractivity contribution in [2.75, 3.05) is 26.7 Å². The van der Waals surface area contributed by atoms with Crippen LogP contribution in [-0.4, -0.2) is 31.6 Å². The van der Waals surface area contributed by atoms with Crippen molar-refractivity contribution >= 4 is 0 Å². The first-order valence-corrected chi connectivity index (χ1v) is 8.32. The molecule has 3 heteroatoms. The fourth-order valence-electron chi connectivity index (χ4n) is 3.09. The molecule has 1 aromatic carbocycles. The van der Waals surface area contributed by atoms with Gasteiger partial charge in [-0.15, -0.1) is 0 Å². The van der Waals surface area contributed by atoms with Gasteiger partial charge < -0.3 is 10.5 Å². The van der Waals surface area contributed by atoms with E-state index in [1.54, 1.807) is 7.11 Å². The summed E-state index contributed by atoms with van der Waals surface area (Å²) < 4.78 is 5.19. The molecule has 2 saturated carbocycles. The van der Waals surface area contributed by atoms with Crippen molar-refractivity contribution in [1.29, 1.82) is 0 Å². The first-order chi connectivity index (χ1) is 10.3. The normalized spacial score (nSPS) is 20.0. The van der Waals surface area contributed by atoms with Crippen molar-refractivity contribution in [1.82, 2.24) is 4.90 Å². The van der Waals surface area contributed by atoms with E-state index in [0.717, 1.165) is 11.8 Å². The van der Waals surface area contributed by atoms with Crippen molar-refractivity contribution in [2.45, 2.75) is 38.3 Å². The average molecular weight is 288 g/mol. The number of ether oxygens (including phenoxy) is 1. The van der Waals surface area contributed by atoms with E-state index in [2.05, 4.69) is 29.2 Å². The number of methoxy groups -OCH3 is 1. The summed E-state index contributed by atoms with van der Waals surface area (Å²) in [5.74, 6) is 1.84. The Morgan fingerprint density at radius 1 is 1.10 bits per heavy atom. The zero-order valence-electron chi connectivity index (χ0n) is 13.1. The van der Waals surface area contributed by atoms with E-state index in [0.29, 0.717) is 19.2 Å². The summed E-state index contributed by atoms with van der Waals surface area (Å²) >= 11 is 0. The third-order valence-corrected chi connectivity index (χ3v) is 4.72. The maximum absolute atomic E-state index is 6.13. The van der Waals surface area contributed by atoms with Gasteiger partial charge in [0.05, 0.1) is 6.61 Å². The van der Waals surface area contributed by atoms with E-state index < -0.39 is 0 Å². The molecule has 3 nitrogen and oxygen atoms in total. The van der Waals surface area contributed by atoms with Gasteiger partial charge in [0, 0.05) is 32.8 Å². The molecule has 2 aliphatic carbocycles. The quantitative estimate of drug-likeness (QED) is 0.759. The van der Waals surface area contributed by atoms with Crippen LogP contribution in [0, 0.1) is 11.8 Å². The van der Waals surface area contributed by atoms with Gasteiger partial charge >= 0.3 is 0 Å². The molecule has 3 rings (SSSR count). The molecule has 2 aliphatic rings. The van der Waals surface area contributed by atoms with Crippen LogP contribution in [-0.2, 0) is 11.3 Å². The van der Waals surface area contributed by atoms with Gasteiger partial charge in [0.1, 0.15) is 0 Å². The van der Waals surface area contributed by atoms with E-state index >= 15 is 0 Å². The third-order valence-electron chi connectivity index (χ3n) is 4.72. The fourth-order valence-corrected chi connectivity index (χ4v) is 3.09. The lowest BCUT2D eigenvalue weighted by molar-refractivity contribution is 0.182. The van der Waals surface area contributed by atoms with Crippen LogP contribution in [0.2, 0.25) is 0 Å². The molecule has 21 heavy (non-hydrogen) atoms. The van der Waals surface area contributed by atoms with Crippen LogP contribution < -0.4 is 5.73 Å². The highest BCUT2D eigenvalue weighted by Crippen LogP contribution is 2.37. The van der Waals surface area contributed by atoms with E-state index in [9.17, 15) is 0 Å². The van der Waals surface area contributed by atoms with Crippen LogP contribution in [0.1, 0.15) is 42.9 Å². The second-order valence-corrected chi connectivity index (χ2v) is 6.77. The lowest BCUT2D eigenvalue weighted by Gasteiger charge is -2.31. The topological polar surface area (TPSA) is 38.5 Å². The summed E-state index contributed by atoms with van der Waals surface area (Å²) in [5.41, 5.74) is 8.72. The number of benzene rings is 1. The predicted molar refractivity (Wildman–Crippen MR) is 86.0 cm³/mol. The molecule has 0 aromatic heterocycles. The van der Waals surface area contributed by atoms with E-state index in [1.807, 2.05) is 0 Å². The summed E-state index contributed by atoms with van der Waals surface area (Å²) in [6, 6.07) is 9.20. The Balaban J connectivity index is 1.69. The smallest absolute Gasteiger partial charge is 0.0713 e. The van der Waals surface area contributed by atoms with Gasteiger partial charge in [0.15, 0.2) is 0 Å². The molecular weight excluding hydrogens is 260 g/mol. The van der Waals surface area contributed by atoms with Crippen LogP contribution >= 0.6 is 0 Å². The highest BCUT2D eigenvalue weighted by Gasteiger charge is 2.32. The van der Waals surface area contributed by atoms with Gasteiger partial charge in [0.25, 0.3) is 0 Å². The maximum Gasteiger partial charge on any atom is 0.0713 e. The molecular formula is C18H28N2O. The minimum Gasteiger partial charge on any atom is -0.380 e. The molecule has 1 atom stereocenters. The van der Waals surface area contributed by atoms with Gasteiger partial charge in [-0.1, -0.05) is 24.3 Å². The zero-order chi connectivity index (χ0) is 14.7. The Bertz CT molecular complexity index is 423. The first kappa shape index (κ1) is 15.0. The van der Waals surface area contributed by atoms with Crippen molar-refractivity contribution in [3.63, 3.8) is 0 Å². The predicted octanol–water partition coefficient (Wildman–Crippen LogP) is 2.95. The number of hydrogen-bond donors (Lipinski definition) is 1. The Morgan fingerprint density at radius 2 is 1.67 bits per heavy atom. The van der Waals surface area contributed by atoms with Crippen LogP contribution in [0.25, 0.3) is 0 Å². The monoisotopic (exact) mass is 288 g/mol. The summed E-state index contributed by atoms with van der Waals surface area (Å²) in [6.07, 6.45) is 5.63. The minimum absolute atomic E-state index is 0.378. The first-order valence-electron chi connectivity index (χ1n) is 8.32. The van der Waals surface area contributed by atoms with Gasteiger partial charge in [-0.25, -0.2) is 0 Å². The van der Waals surface area contributed by atoms with Gasteiger partial charge in [-0.2, -0.15) is 0 Å². The van der Waals surface area contributed by atoms with Crippen molar-refractivity contribution in [3.05, 3.63) is 35.4 Å². The second-order valence-electron chi connectivity index (χ2n) is 6.77. The van der Waals surface area contributed by atoms with Gasteiger partial charge in [0.2, 0.25) is 0 Å². The number of rotatable bonds is 9. The number of nitrogens with zero attached hydrogens (tertiary/aromatic N) is 1. The van der Waals surface area contributed by atoms with E-state index in [4.69, 9.17) is 10.5 Å². The van der Waals surface area contributed by atoms with Crippen molar-refractivity contribution < 1.29 is 4.74 Å². The average Bonchev–Trinajstić information content (AvgIpc) is 3.38. The highest BCUT2D eigenvalue weighted by molar-refractivity contribution is 5.25. The maximum atomic E-state index is 6.13. The Kier molecular flexibility index (Phi) is 4.94. The van der Waals surface area contributed by atoms with E-state index in [-0.39, 0.29) is 0 Å². The summed E-state index contributed by atoms with van der Waals surface area (Å²) in [5, 5.41) is 0. The lowest BCUT2D eigenvalue weighted by atomic mass is 10.0. The Hall–Kier alpha value is -0.900. The lowest BCUT2D eigenvalue weighted by Crippen LogP contribution is -2.36. The molecule has 0 spiro atoms. The minimum atomic E-state index is 0.378. The molecule has 0 bridgehead atoms. The van der Waals surface area contributed by atoms with Crippen LogP contribution in [0.5, 0.6) is 0 Å². The van der Waals surface area contributed by atoms with Crippen molar-refractivity contribution in [2.24, 2.45) is 17.6 Å². The molecule has 2 fully saturated rings. The van der Waals surface area contributed by atoms with Crippen LogP contribution in [0.15, 0.2) is 24.3 Å². The van der Waals surface area contributed by atoms with Crippen LogP contribution in [0.4, 0.5) is 0 Å². The van der Waals surface area contributed by atoms with Crippen LogP contribution in [0.3, 0.4) is 0 Å². The number of hydrogen-bond acceptors (Lipinski definition) is 3. The molecule has 0 radical (unpaired) electrons. The summed E-state index contributed by atoms with van der Waals surface area (Å²) in [4.78, 5) is 2.65. The van der Waals surface area contributed by atoms with Gasteiger partial charge in [-0.3, -0.25) is 4.90 Å². The molecule has 0 aliphatic heterocycles. The Morgan fingerprint density at radius 3 is 2.10 bits per heavy atom. The molecule has 116 valence electrons. The molecule has 1 unspecified atom stereocenters. The largest absolute Gasteiger partial charge is 0.380 e. The molecule has 0 amide bonds. The zero-order valence-corrected chi connectivity index (χ0v) is 13.1. The molecule has 0 saturated heterocycles. The highest BCUT2D eigenvalue weighted by atomic mass is 16.5. The Labute approximate surface area is 128 Å². The van der Waals surface area contributed by atoms with Gasteiger partial charge in [-0.05, 0) is 48.6 Å². The molecule has 0 heterocycles. The fraction of sp³-hybridized carbons (Fsp3) is 0.667. The summed E-state index contributed by atoms with van der Waals surface area (Å²) in [7, 11) is 1.74. The third kappa shape index (κ3) is 4.29. The van der Waals surface area contributed by atoms with Crippen molar-refractivity contribution in [3.8, 4) is 0 Å².